The van der Waals surface area contributed by atoms with Crippen LogP contribution in [0.3, 0.4) is 0 Å². The van der Waals surface area contributed by atoms with Gasteiger partial charge in [0.15, 0.2) is 11.5 Å². The van der Waals surface area contributed by atoms with Gasteiger partial charge in [0, 0.05) is 50.0 Å². The van der Waals surface area contributed by atoms with Crippen LogP contribution in [0, 0.1) is 0 Å². The molecule has 0 radical (unpaired) electrons. The number of anilines is 4. The van der Waals surface area contributed by atoms with E-state index < -0.39 is 0 Å². The van der Waals surface area contributed by atoms with E-state index in [1.165, 1.54) is 63.7 Å². The number of hydrogen-bond donors (Lipinski definition) is 3. The summed E-state index contributed by atoms with van der Waals surface area (Å²) in [5, 5.41) is 7.03. The van der Waals surface area contributed by atoms with E-state index in [0.29, 0.717) is 12.0 Å². The molecule has 3 aliphatic rings. The number of hydrogen-bond acceptors (Lipinski definition) is 9. The molecule has 4 heterocycles. The van der Waals surface area contributed by atoms with Crippen LogP contribution in [0.25, 0.3) is 11.2 Å². The van der Waals surface area contributed by atoms with Crippen molar-refractivity contribution in [1.82, 2.24) is 29.7 Å². The number of methoxy groups -OCH3 is 1. The number of aromatic nitrogens is 4. The third kappa shape index (κ3) is 5.51. The maximum absolute atomic E-state index is 5.80. The van der Waals surface area contributed by atoms with Gasteiger partial charge in [-0.1, -0.05) is 19.3 Å². The van der Waals surface area contributed by atoms with Gasteiger partial charge < -0.3 is 30.2 Å². The molecule has 1 aliphatic carbocycles. The van der Waals surface area contributed by atoms with Gasteiger partial charge in [-0.3, -0.25) is 4.90 Å². The number of piperidine rings is 1. The molecule has 1 aromatic carbocycles. The Balaban J connectivity index is 1.14. The Hall–Kier alpha value is -3.11. The van der Waals surface area contributed by atoms with Crippen LogP contribution in [-0.4, -0.2) is 95.2 Å². The van der Waals surface area contributed by atoms with Gasteiger partial charge in [0.05, 0.1) is 19.1 Å². The average molecular weight is 520 g/mol. The maximum atomic E-state index is 5.80. The Morgan fingerprint density at radius 2 is 1.74 bits per heavy atom. The first-order chi connectivity index (χ1) is 18.7. The van der Waals surface area contributed by atoms with Crippen LogP contribution in [0.5, 0.6) is 5.75 Å². The van der Waals surface area contributed by atoms with E-state index in [4.69, 9.17) is 9.72 Å². The fourth-order valence-electron chi connectivity index (χ4n) is 6.24. The number of ether oxygens (including phenoxy) is 1. The average Bonchev–Trinajstić information content (AvgIpc) is 3.44. The molecular weight excluding hydrogens is 478 g/mol. The molecular formula is C28H41N9O. The Morgan fingerprint density at radius 3 is 2.50 bits per heavy atom. The summed E-state index contributed by atoms with van der Waals surface area (Å²) in [5.41, 5.74) is 3.55. The summed E-state index contributed by atoms with van der Waals surface area (Å²) in [4.78, 5) is 24.7. The lowest BCUT2D eigenvalue weighted by atomic mass is 9.95. The van der Waals surface area contributed by atoms with Crippen molar-refractivity contribution in [3.63, 3.8) is 0 Å². The zero-order chi connectivity index (χ0) is 25.9. The highest BCUT2D eigenvalue weighted by Crippen LogP contribution is 2.33. The second-order valence-electron chi connectivity index (χ2n) is 11.0. The summed E-state index contributed by atoms with van der Waals surface area (Å²) >= 11 is 0. The summed E-state index contributed by atoms with van der Waals surface area (Å²) in [6.07, 6.45) is 10.4. The molecule has 0 spiro atoms. The smallest absolute Gasteiger partial charge is 0.231 e. The predicted octanol–water partition coefficient (Wildman–Crippen LogP) is 4.07. The Morgan fingerprint density at radius 1 is 0.947 bits per heavy atom. The van der Waals surface area contributed by atoms with E-state index >= 15 is 0 Å². The quantitative estimate of drug-likeness (QED) is 0.427. The van der Waals surface area contributed by atoms with Gasteiger partial charge in [-0.25, -0.2) is 4.98 Å². The summed E-state index contributed by atoms with van der Waals surface area (Å²) in [5.74, 6) is 2.09. The van der Waals surface area contributed by atoms with E-state index in [-0.39, 0.29) is 0 Å². The summed E-state index contributed by atoms with van der Waals surface area (Å²) in [7, 11) is 3.95. The van der Waals surface area contributed by atoms with Gasteiger partial charge in [0.1, 0.15) is 11.3 Å². The first-order valence-corrected chi connectivity index (χ1v) is 14.3. The molecule has 0 bridgehead atoms. The summed E-state index contributed by atoms with van der Waals surface area (Å²) in [6.45, 7) is 6.74. The fraction of sp³-hybridized carbons (Fsp3) is 0.607. The second-order valence-corrected chi connectivity index (χ2v) is 11.0. The van der Waals surface area contributed by atoms with E-state index in [2.05, 4.69) is 65.5 Å². The van der Waals surface area contributed by atoms with Crippen molar-refractivity contribution in [3.05, 3.63) is 24.5 Å². The SMILES string of the molecule is COc1cc(N2CCN(C3CCN(C)CC3)CC2)ccc1Nc1nc(NC2CCCCC2)c2nc[nH]c2n1. The third-order valence-electron chi connectivity index (χ3n) is 8.54. The zero-order valence-electron chi connectivity index (χ0n) is 22.7. The van der Waals surface area contributed by atoms with Crippen LogP contribution >= 0.6 is 0 Å². The van der Waals surface area contributed by atoms with Crippen molar-refractivity contribution in [2.75, 3.05) is 69.0 Å². The Bertz CT molecular complexity index is 1210. The van der Waals surface area contributed by atoms with Gasteiger partial charge in [-0.05, 0) is 58.0 Å². The summed E-state index contributed by atoms with van der Waals surface area (Å²) in [6, 6.07) is 7.54. The number of fused-ring (bicyclic) bond motifs is 1. The monoisotopic (exact) mass is 519 g/mol. The highest BCUT2D eigenvalue weighted by atomic mass is 16.5. The van der Waals surface area contributed by atoms with Crippen LogP contribution in [0.15, 0.2) is 24.5 Å². The van der Waals surface area contributed by atoms with Gasteiger partial charge >= 0.3 is 0 Å². The number of aromatic amines is 1. The largest absolute Gasteiger partial charge is 0.494 e. The number of H-pyrrole nitrogens is 1. The number of piperazine rings is 1. The number of imidazole rings is 1. The molecule has 2 aliphatic heterocycles. The number of rotatable bonds is 7. The molecule has 10 nitrogen and oxygen atoms in total. The van der Waals surface area contributed by atoms with Crippen molar-refractivity contribution >= 4 is 34.3 Å². The number of likely N-dealkylation sites (tertiary alicyclic amines) is 1. The van der Waals surface area contributed by atoms with Crippen LogP contribution in [0.4, 0.5) is 23.1 Å². The lowest BCUT2D eigenvalue weighted by molar-refractivity contribution is 0.115. The first kappa shape index (κ1) is 25.2. The van der Waals surface area contributed by atoms with Crippen LogP contribution in [-0.2, 0) is 0 Å². The van der Waals surface area contributed by atoms with Crippen LogP contribution < -0.4 is 20.3 Å². The Kier molecular flexibility index (Phi) is 7.51. The molecule has 3 aromatic rings. The molecule has 10 heteroatoms. The molecule has 0 unspecified atom stereocenters. The molecule has 204 valence electrons. The third-order valence-corrected chi connectivity index (χ3v) is 8.54. The molecule has 0 atom stereocenters. The van der Waals surface area contributed by atoms with Crippen LogP contribution in [0.2, 0.25) is 0 Å². The van der Waals surface area contributed by atoms with Crippen molar-refractivity contribution in [2.45, 2.75) is 57.0 Å². The topological polar surface area (TPSA) is 97.5 Å². The second kappa shape index (κ2) is 11.3. The standard InChI is InChI=1S/C28H41N9O/c1-35-12-10-21(11-13-35)36-14-16-37(17-15-36)22-8-9-23(24(18-22)38-2)32-28-33-26-25(29-19-30-26)27(34-28)31-20-6-4-3-5-7-20/h8-9,18-21H,3-7,10-17H2,1-2H3,(H3,29,30,31,32,33,34). The highest BCUT2D eigenvalue weighted by molar-refractivity contribution is 5.84. The predicted molar refractivity (Wildman–Crippen MR) is 153 cm³/mol. The lowest BCUT2D eigenvalue weighted by Gasteiger charge is -2.43. The number of benzene rings is 1. The minimum absolute atomic E-state index is 0.431. The van der Waals surface area contributed by atoms with Crippen molar-refractivity contribution in [1.29, 1.82) is 0 Å². The highest BCUT2D eigenvalue weighted by Gasteiger charge is 2.27. The molecule has 38 heavy (non-hydrogen) atoms. The molecule has 1 saturated carbocycles. The van der Waals surface area contributed by atoms with Gasteiger partial charge in [-0.15, -0.1) is 0 Å². The minimum Gasteiger partial charge on any atom is -0.494 e. The fourth-order valence-corrected chi connectivity index (χ4v) is 6.24. The van der Waals surface area contributed by atoms with Crippen molar-refractivity contribution < 1.29 is 4.74 Å². The zero-order valence-corrected chi connectivity index (χ0v) is 22.7. The van der Waals surface area contributed by atoms with Gasteiger partial charge in [0.25, 0.3) is 0 Å². The molecule has 2 saturated heterocycles. The van der Waals surface area contributed by atoms with Crippen molar-refractivity contribution in [2.24, 2.45) is 0 Å². The lowest BCUT2D eigenvalue weighted by Crippen LogP contribution is -2.53. The maximum Gasteiger partial charge on any atom is 0.231 e. The van der Waals surface area contributed by atoms with E-state index in [9.17, 15) is 0 Å². The van der Waals surface area contributed by atoms with E-state index in [0.717, 1.165) is 60.6 Å². The first-order valence-electron chi connectivity index (χ1n) is 14.3. The molecule has 2 aromatic heterocycles. The van der Waals surface area contributed by atoms with E-state index in [1.807, 2.05) is 0 Å². The molecule has 0 amide bonds. The van der Waals surface area contributed by atoms with E-state index in [1.54, 1.807) is 13.4 Å². The normalized spacial score (nSPS) is 20.6. The molecule has 3 N–H and O–H groups in total. The van der Waals surface area contributed by atoms with Crippen molar-refractivity contribution in [3.8, 4) is 5.75 Å². The number of nitrogens with zero attached hydrogens (tertiary/aromatic N) is 6. The molecule has 6 rings (SSSR count). The van der Waals surface area contributed by atoms with Crippen LogP contribution in [0.1, 0.15) is 44.9 Å². The van der Waals surface area contributed by atoms with Gasteiger partial charge in [0.2, 0.25) is 5.95 Å². The number of nitrogens with one attached hydrogen (secondary N) is 3. The molecule has 3 fully saturated rings. The Labute approximate surface area is 225 Å². The minimum atomic E-state index is 0.431. The van der Waals surface area contributed by atoms with Gasteiger partial charge in [-0.2, -0.15) is 9.97 Å². The summed E-state index contributed by atoms with van der Waals surface area (Å²) < 4.78 is 5.80.